The highest BCUT2D eigenvalue weighted by atomic mass is 32.2. The van der Waals surface area contributed by atoms with E-state index in [1.165, 1.54) is 16.7 Å². The number of ether oxygens (including phenoxy) is 1. The van der Waals surface area contributed by atoms with Gasteiger partial charge < -0.3 is 10.1 Å². The van der Waals surface area contributed by atoms with Gasteiger partial charge in [0.05, 0.1) is 23.0 Å². The maximum absolute atomic E-state index is 12.8. The SMILES string of the molecule is COc1cccc(/C=C2\SC(=S)N(CC(=O)Nc3ccc4nccnc4c3)C2=O)c1. The van der Waals surface area contributed by atoms with Gasteiger partial charge in [-0.25, -0.2) is 0 Å². The van der Waals surface area contributed by atoms with Crippen LogP contribution in [0.15, 0.2) is 59.8 Å². The number of benzene rings is 2. The third-order valence-electron chi connectivity index (χ3n) is 4.32. The standard InChI is InChI=1S/C21H16N4O3S2/c1-28-15-4-2-3-13(9-15)10-18-20(27)25(21(29)30-18)12-19(26)24-14-5-6-16-17(11-14)23-8-7-22-16/h2-11H,12H2,1H3,(H,24,26)/b18-10-. The highest BCUT2D eigenvalue weighted by Gasteiger charge is 2.33. The Balaban J connectivity index is 1.45. The van der Waals surface area contributed by atoms with Crippen molar-refractivity contribution in [1.29, 1.82) is 0 Å². The van der Waals surface area contributed by atoms with Crippen LogP contribution < -0.4 is 10.1 Å². The van der Waals surface area contributed by atoms with Crippen LogP contribution in [0.2, 0.25) is 0 Å². The Morgan fingerprint density at radius 1 is 1.20 bits per heavy atom. The van der Waals surface area contributed by atoms with Crippen molar-refractivity contribution in [2.75, 3.05) is 19.0 Å². The van der Waals surface area contributed by atoms with E-state index in [0.717, 1.165) is 11.1 Å². The zero-order chi connectivity index (χ0) is 21.1. The molecule has 1 aliphatic rings. The molecule has 0 aliphatic carbocycles. The number of hydrogen-bond donors (Lipinski definition) is 1. The fourth-order valence-electron chi connectivity index (χ4n) is 2.90. The average molecular weight is 437 g/mol. The van der Waals surface area contributed by atoms with Crippen LogP contribution in [0.5, 0.6) is 5.75 Å². The number of carbonyl (C=O) groups is 2. The molecule has 0 atom stereocenters. The number of nitrogens with one attached hydrogen (secondary N) is 1. The molecule has 1 N–H and O–H groups in total. The minimum Gasteiger partial charge on any atom is -0.497 e. The predicted octanol–water partition coefficient (Wildman–Crippen LogP) is 3.48. The van der Waals surface area contributed by atoms with Crippen molar-refractivity contribution in [3.63, 3.8) is 0 Å². The first-order valence-corrected chi connectivity index (χ1v) is 10.2. The third kappa shape index (κ3) is 4.32. The zero-order valence-corrected chi connectivity index (χ0v) is 17.5. The van der Waals surface area contributed by atoms with Gasteiger partial charge in [0.25, 0.3) is 5.91 Å². The maximum atomic E-state index is 12.8. The van der Waals surface area contributed by atoms with Gasteiger partial charge in [0, 0.05) is 18.1 Å². The molecule has 0 radical (unpaired) electrons. The summed E-state index contributed by atoms with van der Waals surface area (Å²) >= 11 is 6.48. The fourth-order valence-corrected chi connectivity index (χ4v) is 4.16. The number of amides is 2. The van der Waals surface area contributed by atoms with Crippen LogP contribution in [-0.4, -0.2) is 44.7 Å². The summed E-state index contributed by atoms with van der Waals surface area (Å²) in [6.45, 7) is -0.168. The smallest absolute Gasteiger partial charge is 0.266 e. The summed E-state index contributed by atoms with van der Waals surface area (Å²) in [6, 6.07) is 12.6. The third-order valence-corrected chi connectivity index (χ3v) is 5.70. The average Bonchev–Trinajstić information content (AvgIpc) is 3.01. The van der Waals surface area contributed by atoms with Crippen molar-refractivity contribution < 1.29 is 14.3 Å². The summed E-state index contributed by atoms with van der Waals surface area (Å²) in [7, 11) is 1.58. The predicted molar refractivity (Wildman–Crippen MR) is 121 cm³/mol. The minimum atomic E-state index is -0.350. The first-order chi connectivity index (χ1) is 14.5. The summed E-state index contributed by atoms with van der Waals surface area (Å²) in [6.07, 6.45) is 4.93. The molecule has 2 amide bonds. The van der Waals surface area contributed by atoms with Gasteiger partial charge in [-0.1, -0.05) is 36.1 Å². The van der Waals surface area contributed by atoms with Crippen molar-refractivity contribution in [2.45, 2.75) is 0 Å². The second-order valence-corrected chi connectivity index (χ2v) is 8.03. The van der Waals surface area contributed by atoms with Crippen LogP contribution in [0.4, 0.5) is 5.69 Å². The van der Waals surface area contributed by atoms with E-state index >= 15 is 0 Å². The number of thiocarbonyl (C=S) groups is 1. The van der Waals surface area contributed by atoms with Gasteiger partial charge in [-0.2, -0.15) is 0 Å². The number of rotatable bonds is 5. The maximum Gasteiger partial charge on any atom is 0.266 e. The second kappa shape index (κ2) is 8.60. The fraction of sp³-hybridized carbons (Fsp3) is 0.0952. The Labute approximate surface area is 182 Å². The van der Waals surface area contributed by atoms with E-state index in [1.807, 2.05) is 24.3 Å². The molecular weight excluding hydrogens is 420 g/mol. The topological polar surface area (TPSA) is 84.4 Å². The van der Waals surface area contributed by atoms with E-state index in [1.54, 1.807) is 43.8 Å². The molecule has 7 nitrogen and oxygen atoms in total. The largest absolute Gasteiger partial charge is 0.497 e. The van der Waals surface area contributed by atoms with Crippen LogP contribution in [0.1, 0.15) is 5.56 Å². The molecule has 4 rings (SSSR count). The monoisotopic (exact) mass is 436 g/mol. The molecule has 0 spiro atoms. The molecule has 0 saturated carbocycles. The lowest BCUT2D eigenvalue weighted by Crippen LogP contribution is -2.36. The van der Waals surface area contributed by atoms with Crippen LogP contribution >= 0.6 is 24.0 Å². The molecule has 0 unspecified atom stereocenters. The second-order valence-electron chi connectivity index (χ2n) is 6.35. The number of hydrogen-bond acceptors (Lipinski definition) is 7. The molecule has 9 heteroatoms. The van der Waals surface area contributed by atoms with Crippen LogP contribution in [0.25, 0.3) is 17.1 Å². The van der Waals surface area contributed by atoms with Gasteiger partial charge in [-0.3, -0.25) is 24.5 Å². The minimum absolute atomic E-state index is 0.168. The summed E-state index contributed by atoms with van der Waals surface area (Å²) in [5.41, 5.74) is 2.79. The molecule has 0 bridgehead atoms. The summed E-state index contributed by atoms with van der Waals surface area (Å²) in [5, 5.41) is 2.78. The van der Waals surface area contributed by atoms with Crippen molar-refractivity contribution in [3.8, 4) is 5.75 Å². The molecule has 30 heavy (non-hydrogen) atoms. The molecule has 1 aliphatic heterocycles. The van der Waals surface area contributed by atoms with E-state index in [0.29, 0.717) is 26.2 Å². The van der Waals surface area contributed by atoms with Gasteiger partial charge in [0.1, 0.15) is 16.6 Å². The first kappa shape index (κ1) is 20.0. The summed E-state index contributed by atoms with van der Waals surface area (Å²) < 4.78 is 5.55. The van der Waals surface area contributed by atoms with E-state index < -0.39 is 0 Å². The lowest BCUT2D eigenvalue weighted by molar-refractivity contribution is -0.126. The molecule has 2 heterocycles. The Hall–Kier alpha value is -3.30. The quantitative estimate of drug-likeness (QED) is 0.484. The van der Waals surface area contributed by atoms with Gasteiger partial charge >= 0.3 is 0 Å². The lowest BCUT2D eigenvalue weighted by atomic mass is 10.2. The molecule has 150 valence electrons. The number of methoxy groups -OCH3 is 1. The van der Waals surface area contributed by atoms with E-state index in [2.05, 4.69) is 15.3 Å². The molecule has 1 fully saturated rings. The first-order valence-electron chi connectivity index (χ1n) is 8.93. The Morgan fingerprint density at radius 3 is 2.80 bits per heavy atom. The number of anilines is 1. The molecular formula is C21H16N4O3S2. The van der Waals surface area contributed by atoms with Gasteiger partial charge in [0.2, 0.25) is 5.91 Å². The van der Waals surface area contributed by atoms with Crippen molar-refractivity contribution >= 4 is 62.9 Å². The number of fused-ring (bicyclic) bond motifs is 1. The zero-order valence-electron chi connectivity index (χ0n) is 15.9. The van der Waals surface area contributed by atoms with Gasteiger partial charge in [-0.15, -0.1) is 0 Å². The Bertz CT molecular complexity index is 1200. The highest BCUT2D eigenvalue weighted by molar-refractivity contribution is 8.26. The van der Waals surface area contributed by atoms with E-state index in [9.17, 15) is 9.59 Å². The molecule has 1 aromatic heterocycles. The van der Waals surface area contributed by atoms with E-state index in [-0.39, 0.29) is 18.4 Å². The van der Waals surface area contributed by atoms with Crippen LogP contribution in [0.3, 0.4) is 0 Å². The van der Waals surface area contributed by atoms with Crippen molar-refractivity contribution in [3.05, 3.63) is 65.3 Å². The normalized spacial score (nSPS) is 15.1. The highest BCUT2D eigenvalue weighted by Crippen LogP contribution is 2.32. The lowest BCUT2D eigenvalue weighted by Gasteiger charge is -2.14. The summed E-state index contributed by atoms with van der Waals surface area (Å²) in [4.78, 5) is 35.4. The summed E-state index contributed by atoms with van der Waals surface area (Å²) in [5.74, 6) is 0.0446. The van der Waals surface area contributed by atoms with Crippen LogP contribution in [0, 0.1) is 0 Å². The Morgan fingerprint density at radius 2 is 2.00 bits per heavy atom. The molecule has 2 aromatic carbocycles. The number of thioether (sulfide) groups is 1. The van der Waals surface area contributed by atoms with E-state index in [4.69, 9.17) is 17.0 Å². The number of nitrogens with zero attached hydrogens (tertiary/aromatic N) is 3. The van der Waals surface area contributed by atoms with Crippen LogP contribution in [-0.2, 0) is 9.59 Å². The van der Waals surface area contributed by atoms with Gasteiger partial charge in [-0.05, 0) is 42.0 Å². The number of aromatic nitrogens is 2. The molecule has 3 aromatic rings. The Kier molecular flexibility index (Phi) is 5.73. The number of carbonyl (C=O) groups excluding carboxylic acids is 2. The van der Waals surface area contributed by atoms with Crippen molar-refractivity contribution in [1.82, 2.24) is 14.9 Å². The molecule has 1 saturated heterocycles. The van der Waals surface area contributed by atoms with Crippen molar-refractivity contribution in [2.24, 2.45) is 0 Å². The van der Waals surface area contributed by atoms with Gasteiger partial charge in [0.15, 0.2) is 0 Å².